The number of ether oxygens (including phenoxy) is 2. The number of benzene rings is 2. The number of nitrogens with two attached hydrogens (primary N) is 1. The maximum Gasteiger partial charge on any atom is 0.257 e. The molecular weight excluding hydrogens is 950 g/mol. The minimum atomic E-state index is -3.48. The van der Waals surface area contributed by atoms with Crippen LogP contribution in [0.4, 0.5) is 28.6 Å². The summed E-state index contributed by atoms with van der Waals surface area (Å²) in [5.74, 6) is 1.33. The highest BCUT2D eigenvalue weighted by Gasteiger charge is 2.32. The summed E-state index contributed by atoms with van der Waals surface area (Å²) in [7, 11) is 0.226. The number of nitrogens with one attached hydrogen (secondary N) is 2. The van der Waals surface area contributed by atoms with Gasteiger partial charge in [-0.3, -0.25) is 19.7 Å². The molecule has 2 aliphatic heterocycles. The Hall–Kier alpha value is -6.02. The van der Waals surface area contributed by atoms with Crippen LogP contribution in [0.1, 0.15) is 98.5 Å². The number of nitrogens with zero attached hydrogens (tertiary/aromatic N) is 6. The Labute approximate surface area is 414 Å². The fraction of sp³-hybridized carbons (Fsp3) is 0.353. The molecular formula is C51H58ClN9O7S2. The van der Waals surface area contributed by atoms with E-state index in [0.29, 0.717) is 82.2 Å². The fourth-order valence-electron chi connectivity index (χ4n) is 8.62. The summed E-state index contributed by atoms with van der Waals surface area (Å²) in [5, 5.41) is 6.97. The van der Waals surface area contributed by atoms with Crippen molar-refractivity contribution in [2.45, 2.75) is 86.6 Å². The average Bonchev–Trinajstić information content (AvgIpc) is 4.24. The molecule has 4 aromatic heterocycles. The van der Waals surface area contributed by atoms with E-state index in [-0.39, 0.29) is 10.8 Å². The first kappa shape index (κ1) is 50.4. The van der Waals surface area contributed by atoms with E-state index in [1.807, 2.05) is 55.6 Å². The molecule has 0 radical (unpaired) electrons. The van der Waals surface area contributed by atoms with Gasteiger partial charge in [0.25, 0.3) is 5.91 Å². The topological polar surface area (TPSA) is 212 Å². The van der Waals surface area contributed by atoms with E-state index in [0.717, 1.165) is 89.4 Å². The second-order valence-electron chi connectivity index (χ2n) is 18.4. The number of halogens is 1. The summed E-state index contributed by atoms with van der Waals surface area (Å²) in [6, 6.07) is 22.4. The van der Waals surface area contributed by atoms with Crippen molar-refractivity contribution in [1.29, 1.82) is 0 Å². The molecule has 2 fully saturated rings. The summed E-state index contributed by atoms with van der Waals surface area (Å²) >= 11 is 6.16. The van der Waals surface area contributed by atoms with Gasteiger partial charge in [0.1, 0.15) is 11.0 Å². The van der Waals surface area contributed by atoms with Gasteiger partial charge in [-0.05, 0) is 127 Å². The molecule has 70 heavy (non-hydrogen) atoms. The van der Waals surface area contributed by atoms with Crippen LogP contribution >= 0.6 is 11.6 Å². The molecule has 0 atom stereocenters. The predicted octanol–water partition coefficient (Wildman–Crippen LogP) is 8.34. The van der Waals surface area contributed by atoms with Crippen molar-refractivity contribution in [3.05, 3.63) is 146 Å². The van der Waals surface area contributed by atoms with Gasteiger partial charge in [-0.25, -0.2) is 26.8 Å². The summed E-state index contributed by atoms with van der Waals surface area (Å²) in [6.45, 7) is 2.98. The molecule has 1 amide bonds. The smallest absolute Gasteiger partial charge is 0.257 e. The first-order chi connectivity index (χ1) is 33.4. The van der Waals surface area contributed by atoms with E-state index < -0.39 is 19.7 Å². The lowest BCUT2D eigenvalue weighted by Gasteiger charge is -2.16. The molecule has 16 nitrogen and oxygen atoms in total. The first-order valence-corrected chi connectivity index (χ1v) is 27.0. The zero-order valence-electron chi connectivity index (χ0n) is 40.1. The van der Waals surface area contributed by atoms with Crippen molar-refractivity contribution in [3.63, 3.8) is 0 Å². The number of fused-ring (bicyclic) bond motifs is 2. The number of hydrogen-bond acceptors (Lipinski definition) is 15. The monoisotopic (exact) mass is 1010 g/mol. The summed E-state index contributed by atoms with van der Waals surface area (Å²) in [5.41, 5.74) is 16.8. The number of aromatic nitrogens is 4. The molecule has 4 aliphatic rings. The van der Waals surface area contributed by atoms with Crippen LogP contribution in [0.25, 0.3) is 0 Å². The number of carbonyl (C=O) groups excluding carboxylic acids is 1. The van der Waals surface area contributed by atoms with Crippen molar-refractivity contribution < 1.29 is 31.1 Å². The van der Waals surface area contributed by atoms with Gasteiger partial charge < -0.3 is 30.7 Å². The number of nitrogen functional groups attached to an aromatic ring is 1. The number of amides is 1. The van der Waals surface area contributed by atoms with Crippen LogP contribution in [0, 0.1) is 0 Å². The molecule has 6 aromatic rings. The highest BCUT2D eigenvalue weighted by atomic mass is 35.5. The second kappa shape index (κ2) is 21.1. The van der Waals surface area contributed by atoms with Crippen molar-refractivity contribution in [3.8, 4) is 0 Å². The Bertz CT molecular complexity index is 3170. The third-order valence-corrected chi connectivity index (χ3v) is 14.7. The van der Waals surface area contributed by atoms with Crippen molar-refractivity contribution in [2.75, 3.05) is 57.2 Å². The van der Waals surface area contributed by atoms with E-state index in [2.05, 4.69) is 30.5 Å². The number of hydrogen-bond donors (Lipinski definition) is 3. The third kappa shape index (κ3) is 12.5. The lowest BCUT2D eigenvalue weighted by Crippen LogP contribution is -2.18. The number of sulfone groups is 2. The largest absolute Gasteiger partial charge is 0.384 e. The Morgan fingerprint density at radius 3 is 1.80 bits per heavy atom. The van der Waals surface area contributed by atoms with Crippen LogP contribution in [0.3, 0.4) is 0 Å². The molecule has 2 aromatic carbocycles. The van der Waals surface area contributed by atoms with Gasteiger partial charge in [0.2, 0.25) is 0 Å². The van der Waals surface area contributed by atoms with Gasteiger partial charge in [0.05, 0.1) is 63.6 Å². The van der Waals surface area contributed by atoms with Gasteiger partial charge >= 0.3 is 0 Å². The molecule has 19 heteroatoms. The van der Waals surface area contributed by atoms with Crippen LogP contribution in [-0.4, -0.2) is 93.3 Å². The van der Waals surface area contributed by atoms with Gasteiger partial charge in [-0.2, -0.15) is 0 Å². The fourth-order valence-corrected chi connectivity index (χ4v) is 10.6. The molecule has 2 saturated carbocycles. The molecule has 2 aliphatic carbocycles. The average molecular weight is 1010 g/mol. The highest BCUT2D eigenvalue weighted by molar-refractivity contribution is 7.91. The van der Waals surface area contributed by atoms with Crippen LogP contribution in [0.2, 0.25) is 5.15 Å². The predicted molar refractivity (Wildman–Crippen MR) is 271 cm³/mol. The van der Waals surface area contributed by atoms with E-state index in [4.69, 9.17) is 31.8 Å². The lowest BCUT2D eigenvalue weighted by atomic mass is 10.1. The quantitative estimate of drug-likeness (QED) is 0.0876. The lowest BCUT2D eigenvalue weighted by molar-refractivity contribution is 0.0817. The van der Waals surface area contributed by atoms with Crippen molar-refractivity contribution in [2.24, 2.45) is 0 Å². The Kier molecular flexibility index (Phi) is 15.2. The van der Waals surface area contributed by atoms with Gasteiger partial charge in [0, 0.05) is 88.3 Å². The molecule has 0 saturated heterocycles. The molecule has 0 unspecified atom stereocenters. The molecule has 0 bridgehead atoms. The Morgan fingerprint density at radius 2 is 1.24 bits per heavy atom. The van der Waals surface area contributed by atoms with E-state index in [9.17, 15) is 21.6 Å². The van der Waals surface area contributed by atoms with Crippen LogP contribution < -0.4 is 16.4 Å². The van der Waals surface area contributed by atoms with Gasteiger partial charge in [-0.1, -0.05) is 23.7 Å². The number of pyridine rings is 4. The number of methoxy groups -OCH3 is 2. The molecule has 4 N–H and O–H groups in total. The molecule has 6 heterocycles. The maximum atomic E-state index is 12.9. The SMILES string of the molecule is CN1Cc2nc(Cl)cc(Nc3ccc(C4CC4)cc3S(C)(=O)=O)c2C1.COCc1ccnc(Cc2cc(Nc3ccc(C4CC4)cc3S(C)(=O)=O)c3c(n2)CN(C)C3=O)c1.COCc1ccnc(N)c1. The van der Waals surface area contributed by atoms with Gasteiger partial charge in [0.15, 0.2) is 19.7 Å². The molecule has 368 valence electrons. The highest BCUT2D eigenvalue weighted by Crippen LogP contribution is 2.44. The summed E-state index contributed by atoms with van der Waals surface area (Å²) < 4.78 is 60.0. The standard InChI is InChI=1S/C26H28N4O4S.C18H20ClN3O2S.C7H10N2O/c1-30-14-23-25(26(30)31)22(13-20(28-23)12-19-10-16(15-34-2)8-9-27-19)29-21-7-6-18(17-4-5-17)11-24(21)35(3,32)33;1-22-9-13-15(8-18(19)21-16(13)10-22)20-14-6-5-12(11-3-4-11)7-17(14)25(2,23)24;1-10-5-6-2-3-9-7(8)4-6/h6-11,13,17H,4-5,12,14-15H2,1-3H3,(H,28,29);5-8,11H,3-4,9-10H2,1-2H3,(H,20,21);2-4H,5H2,1H3,(H2,8,9). The van der Waals surface area contributed by atoms with Crippen LogP contribution in [0.15, 0.2) is 95.0 Å². The Morgan fingerprint density at radius 1 is 0.671 bits per heavy atom. The van der Waals surface area contributed by atoms with E-state index in [1.165, 1.54) is 12.5 Å². The third-order valence-electron chi connectivity index (χ3n) is 12.3. The van der Waals surface area contributed by atoms with Crippen molar-refractivity contribution >= 4 is 65.8 Å². The summed E-state index contributed by atoms with van der Waals surface area (Å²) in [4.78, 5) is 34.7. The number of rotatable bonds is 14. The zero-order valence-corrected chi connectivity index (χ0v) is 42.5. The second-order valence-corrected chi connectivity index (χ2v) is 22.7. The van der Waals surface area contributed by atoms with Crippen LogP contribution in [-0.2, 0) is 68.4 Å². The maximum absolute atomic E-state index is 12.9. The molecule has 0 spiro atoms. The minimum Gasteiger partial charge on any atom is -0.384 e. The van der Waals surface area contributed by atoms with Crippen LogP contribution in [0.5, 0.6) is 0 Å². The Balaban J connectivity index is 0.000000163. The van der Waals surface area contributed by atoms with Crippen molar-refractivity contribution in [1.82, 2.24) is 29.7 Å². The zero-order chi connectivity index (χ0) is 49.9. The van der Waals surface area contributed by atoms with E-state index >= 15 is 0 Å². The first-order valence-electron chi connectivity index (χ1n) is 22.9. The number of anilines is 5. The normalized spacial score (nSPS) is 15.4. The van der Waals surface area contributed by atoms with E-state index in [1.54, 1.807) is 62.8 Å². The summed E-state index contributed by atoms with van der Waals surface area (Å²) in [6.07, 6.45) is 10.8. The number of carbonyl (C=O) groups is 1. The van der Waals surface area contributed by atoms with Gasteiger partial charge in [-0.15, -0.1) is 0 Å². The molecule has 10 rings (SSSR count). The minimum absolute atomic E-state index is 0.141.